The molecule has 0 radical (unpaired) electrons. The van der Waals surface area contributed by atoms with Gasteiger partial charge in [-0.25, -0.2) is 4.98 Å². The Balaban J connectivity index is 1.21. The van der Waals surface area contributed by atoms with Crippen LogP contribution in [0.3, 0.4) is 0 Å². The fourth-order valence-electron chi connectivity index (χ4n) is 7.38. The van der Waals surface area contributed by atoms with Crippen molar-refractivity contribution in [3.05, 3.63) is 24.0 Å². The molecule has 5 heterocycles. The summed E-state index contributed by atoms with van der Waals surface area (Å²) in [4.78, 5) is 6.77. The van der Waals surface area contributed by atoms with Crippen LogP contribution in [-0.4, -0.2) is 57.6 Å². The van der Waals surface area contributed by atoms with E-state index in [0.717, 1.165) is 37.0 Å². The normalized spacial score (nSPS) is 38.7. The second-order valence-corrected chi connectivity index (χ2v) is 10.6. The Morgan fingerprint density at radius 3 is 2.67 bits per heavy atom. The zero-order valence-corrected chi connectivity index (χ0v) is 18.8. The first kappa shape index (κ1) is 20.1. The van der Waals surface area contributed by atoms with Crippen LogP contribution in [0.25, 0.3) is 11.3 Å². The number of fused-ring (bicyclic) bond motifs is 4. The van der Waals surface area contributed by atoms with Gasteiger partial charge in [0.25, 0.3) is 0 Å². The number of hydrogen-bond donors (Lipinski definition) is 1. The van der Waals surface area contributed by atoms with Crippen LogP contribution >= 0.6 is 0 Å². The number of nitrogen functional groups attached to an aromatic ring is 1. The van der Waals surface area contributed by atoms with Crippen LogP contribution in [0.15, 0.2) is 18.3 Å². The maximum atomic E-state index is 12.8. The number of piperidine rings is 1. The number of nitrogens with zero attached hydrogens (tertiary/aromatic N) is 4. The Morgan fingerprint density at radius 1 is 1.24 bits per heavy atom. The number of ether oxygens (including phenoxy) is 2. The summed E-state index contributed by atoms with van der Waals surface area (Å²) in [5, 5.41) is 4.95. The number of hydrogen-bond acceptors (Lipinski definition) is 6. The molecular formula is C24H29F2N5O2. The highest BCUT2D eigenvalue weighted by molar-refractivity contribution is 5.66. The van der Waals surface area contributed by atoms with Gasteiger partial charge in [-0.2, -0.15) is 13.9 Å². The Morgan fingerprint density at radius 2 is 2.00 bits per heavy atom. The van der Waals surface area contributed by atoms with Crippen molar-refractivity contribution >= 4 is 5.82 Å². The summed E-state index contributed by atoms with van der Waals surface area (Å²) >= 11 is 0. The molecule has 9 heteroatoms. The van der Waals surface area contributed by atoms with Gasteiger partial charge in [-0.15, -0.1) is 0 Å². The monoisotopic (exact) mass is 457 g/mol. The van der Waals surface area contributed by atoms with E-state index < -0.39 is 6.61 Å². The number of nitrogens with two attached hydrogens (primary N) is 1. The van der Waals surface area contributed by atoms with E-state index in [1.165, 1.54) is 24.6 Å². The van der Waals surface area contributed by atoms with E-state index in [1.54, 1.807) is 6.20 Å². The van der Waals surface area contributed by atoms with Crippen molar-refractivity contribution in [3.63, 3.8) is 0 Å². The summed E-state index contributed by atoms with van der Waals surface area (Å²) in [5.74, 6) is 2.04. The molecule has 4 bridgehead atoms. The van der Waals surface area contributed by atoms with Gasteiger partial charge in [0.2, 0.25) is 0 Å². The van der Waals surface area contributed by atoms with Crippen molar-refractivity contribution in [2.75, 3.05) is 18.8 Å². The Labute approximate surface area is 191 Å². The van der Waals surface area contributed by atoms with Crippen LogP contribution < -0.4 is 10.5 Å². The van der Waals surface area contributed by atoms with E-state index in [9.17, 15) is 8.78 Å². The van der Waals surface area contributed by atoms with Crippen LogP contribution in [0.4, 0.5) is 14.6 Å². The third-order valence-corrected chi connectivity index (χ3v) is 9.07. The molecule has 3 saturated heterocycles. The maximum absolute atomic E-state index is 12.8. The zero-order valence-electron chi connectivity index (χ0n) is 18.8. The minimum atomic E-state index is -2.95. The van der Waals surface area contributed by atoms with Crippen LogP contribution in [0, 0.1) is 17.8 Å². The highest BCUT2D eigenvalue weighted by Gasteiger charge is 2.93. The summed E-state index contributed by atoms with van der Waals surface area (Å²) in [5.41, 5.74) is 8.68. The van der Waals surface area contributed by atoms with Gasteiger partial charge in [-0.1, -0.05) is 6.92 Å². The lowest BCUT2D eigenvalue weighted by Crippen LogP contribution is -2.59. The van der Waals surface area contributed by atoms with Crippen molar-refractivity contribution < 1.29 is 18.3 Å². The lowest BCUT2D eigenvalue weighted by Gasteiger charge is -2.49. The number of anilines is 1. The third-order valence-electron chi connectivity index (χ3n) is 9.07. The molecule has 8 unspecified atom stereocenters. The lowest BCUT2D eigenvalue weighted by atomic mass is 9.95. The molecule has 176 valence electrons. The SMILES string of the molecule is CCC(C)n1nc(-c2cnc(N)c(OC(F)F)c2)cc1C12C3CC(N4CC5CC(C4)O5)C1C32. The Kier molecular flexibility index (Phi) is 4.06. The summed E-state index contributed by atoms with van der Waals surface area (Å²) in [6.07, 6.45) is 5.93. The van der Waals surface area contributed by atoms with Gasteiger partial charge in [0.1, 0.15) is 0 Å². The molecule has 2 aromatic heterocycles. The number of morpholine rings is 1. The molecule has 7 nitrogen and oxygen atoms in total. The molecule has 0 amide bonds. The van der Waals surface area contributed by atoms with Crippen molar-refractivity contribution in [3.8, 4) is 17.0 Å². The standard InChI is InChI=1S/C24H29F2N5O2/c1-3-11(2)31-19(7-16(29-31)12-4-18(33-23(25)26)22(27)28-8-12)24-15-6-17(21(24)20(15)24)30-9-13-5-14(10-30)32-13/h4,7-8,11,13-15,17,20-21,23H,3,5-6,9-10H2,1-2H3,(H2,27,28). The molecule has 9 rings (SSSR count). The van der Waals surface area contributed by atoms with E-state index in [0.29, 0.717) is 29.7 Å². The molecule has 4 aliphatic carbocycles. The molecule has 3 aliphatic heterocycles. The first-order valence-corrected chi connectivity index (χ1v) is 12.1. The zero-order chi connectivity index (χ0) is 22.6. The lowest BCUT2D eigenvalue weighted by molar-refractivity contribution is -0.188. The quantitative estimate of drug-likeness (QED) is 0.686. The molecule has 8 atom stereocenters. The van der Waals surface area contributed by atoms with Crippen molar-refractivity contribution in [2.24, 2.45) is 17.8 Å². The van der Waals surface area contributed by atoms with Gasteiger partial charge in [-0.3, -0.25) is 9.58 Å². The molecular weight excluding hydrogens is 428 g/mol. The van der Waals surface area contributed by atoms with Crippen molar-refractivity contribution in [1.82, 2.24) is 19.7 Å². The molecule has 7 fully saturated rings. The van der Waals surface area contributed by atoms with Gasteiger partial charge in [0.15, 0.2) is 11.6 Å². The third kappa shape index (κ3) is 2.66. The topological polar surface area (TPSA) is 78.4 Å². The second-order valence-electron chi connectivity index (χ2n) is 10.6. The van der Waals surface area contributed by atoms with Crippen molar-refractivity contribution in [2.45, 2.75) is 69.4 Å². The molecule has 0 aromatic carbocycles. The van der Waals surface area contributed by atoms with Crippen molar-refractivity contribution in [1.29, 1.82) is 0 Å². The molecule has 33 heavy (non-hydrogen) atoms. The largest absolute Gasteiger partial charge is 0.431 e. The fraction of sp³-hybridized carbons (Fsp3) is 0.667. The number of alkyl halides is 2. The van der Waals surface area contributed by atoms with E-state index in [4.69, 9.17) is 15.6 Å². The minimum absolute atomic E-state index is 0.0480. The van der Waals surface area contributed by atoms with Crippen LogP contribution in [0.1, 0.15) is 44.8 Å². The second kappa shape index (κ2) is 6.66. The highest BCUT2D eigenvalue weighted by atomic mass is 19.3. The summed E-state index contributed by atoms with van der Waals surface area (Å²) < 4.78 is 38.2. The number of pyridine rings is 1. The first-order valence-electron chi connectivity index (χ1n) is 12.1. The summed E-state index contributed by atoms with van der Waals surface area (Å²) in [6, 6.07) is 4.60. The van der Waals surface area contributed by atoms with Gasteiger partial charge in [0, 0.05) is 54.5 Å². The maximum Gasteiger partial charge on any atom is 0.387 e. The number of rotatable bonds is 7. The molecule has 4 saturated carbocycles. The average Bonchev–Trinajstić information content (AvgIpc) is 3.34. The summed E-state index contributed by atoms with van der Waals surface area (Å²) in [7, 11) is 0. The minimum Gasteiger partial charge on any atom is -0.431 e. The van der Waals surface area contributed by atoms with Gasteiger partial charge < -0.3 is 15.2 Å². The highest BCUT2D eigenvalue weighted by Crippen LogP contribution is 2.91. The van der Waals surface area contributed by atoms with E-state index in [-0.39, 0.29) is 23.0 Å². The van der Waals surface area contributed by atoms with Crippen LogP contribution in [0.2, 0.25) is 0 Å². The predicted molar refractivity (Wildman–Crippen MR) is 117 cm³/mol. The molecule has 2 aromatic rings. The Hall–Kier alpha value is -2.26. The average molecular weight is 458 g/mol. The summed E-state index contributed by atoms with van der Waals surface area (Å²) in [6.45, 7) is 3.56. The number of aromatic nitrogens is 3. The Bertz CT molecular complexity index is 1100. The van der Waals surface area contributed by atoms with E-state index >= 15 is 0 Å². The molecule has 0 spiro atoms. The molecule has 2 N–H and O–H groups in total. The van der Waals surface area contributed by atoms with E-state index in [1.807, 2.05) is 0 Å². The fourth-order valence-corrected chi connectivity index (χ4v) is 7.38. The first-order chi connectivity index (χ1) is 15.9. The van der Waals surface area contributed by atoms with Crippen LogP contribution in [-0.2, 0) is 10.2 Å². The number of halogens is 2. The van der Waals surface area contributed by atoms with Crippen LogP contribution in [0.5, 0.6) is 5.75 Å². The molecule has 7 aliphatic rings. The predicted octanol–water partition coefficient (Wildman–Crippen LogP) is 3.46. The van der Waals surface area contributed by atoms with Gasteiger partial charge in [-0.05, 0) is 49.7 Å². The van der Waals surface area contributed by atoms with Gasteiger partial charge >= 0.3 is 6.61 Å². The van der Waals surface area contributed by atoms with E-state index in [2.05, 4.69) is 39.2 Å². The van der Waals surface area contributed by atoms with Gasteiger partial charge in [0.05, 0.1) is 17.9 Å². The smallest absolute Gasteiger partial charge is 0.387 e.